The smallest absolute Gasteiger partial charge is 0.342 e. The van der Waals surface area contributed by atoms with E-state index in [9.17, 15) is 29.7 Å². The normalized spacial score (nSPS) is 44.5. The van der Waals surface area contributed by atoms with Crippen molar-refractivity contribution in [2.45, 2.75) is 112 Å². The van der Waals surface area contributed by atoms with Gasteiger partial charge in [0.15, 0.2) is 0 Å². The number of carbonyl (C=O) groups is 3. The van der Waals surface area contributed by atoms with Gasteiger partial charge in [0.05, 0.1) is 39.5 Å². The highest BCUT2D eigenvalue weighted by Crippen LogP contribution is 2.75. The molecule has 0 spiro atoms. The minimum Gasteiger partial charge on any atom is -0.481 e. The number of hydrogen-bond donors (Lipinski definition) is 3. The van der Waals surface area contributed by atoms with Crippen LogP contribution in [0.1, 0.15) is 93.9 Å². The van der Waals surface area contributed by atoms with Crippen LogP contribution in [0, 0.1) is 56.7 Å². The first-order valence-corrected chi connectivity index (χ1v) is 17.5. The quantitative estimate of drug-likeness (QED) is 0.233. The van der Waals surface area contributed by atoms with Crippen LogP contribution in [-0.2, 0) is 33.3 Å². The summed E-state index contributed by atoms with van der Waals surface area (Å²) >= 11 is 0. The summed E-state index contributed by atoms with van der Waals surface area (Å²) in [5.74, 6) is -1.79. The number of carboxylic acid groups (broad SMARTS) is 1. The van der Waals surface area contributed by atoms with Crippen LogP contribution in [0.3, 0.4) is 0 Å². The first kappa shape index (κ1) is 36.3. The van der Waals surface area contributed by atoms with E-state index >= 15 is 0 Å². The molecule has 1 aliphatic heterocycles. The second kappa shape index (κ2) is 12.1. The molecule has 0 aromatic heterocycles. The van der Waals surface area contributed by atoms with Gasteiger partial charge in [-0.3, -0.25) is 9.59 Å². The lowest BCUT2D eigenvalue weighted by Crippen LogP contribution is -2.70. The van der Waals surface area contributed by atoms with E-state index in [1.54, 1.807) is 0 Å². The van der Waals surface area contributed by atoms with Gasteiger partial charge in [-0.15, -0.1) is 0 Å². The summed E-state index contributed by atoms with van der Waals surface area (Å²) in [6.45, 7) is 16.2. The molecule has 4 fully saturated rings. The van der Waals surface area contributed by atoms with Gasteiger partial charge in [0.2, 0.25) is 5.60 Å². The molecule has 3 N–H and O–H groups in total. The molecular weight excluding hydrogens is 604 g/mol. The Hall–Kier alpha value is -2.01. The fraction of sp³-hybridized carbons (Fsp3) is 0.865. The highest BCUT2D eigenvalue weighted by molar-refractivity contribution is 5.79. The Morgan fingerprint density at radius 1 is 1.06 bits per heavy atom. The minimum atomic E-state index is -2.26. The van der Waals surface area contributed by atoms with Crippen LogP contribution in [0.2, 0.25) is 0 Å². The molecule has 3 saturated carbocycles. The van der Waals surface area contributed by atoms with E-state index in [-0.39, 0.29) is 28.6 Å². The van der Waals surface area contributed by atoms with E-state index in [4.69, 9.17) is 18.9 Å². The van der Waals surface area contributed by atoms with Crippen LogP contribution in [0.5, 0.6) is 0 Å². The van der Waals surface area contributed by atoms with Crippen molar-refractivity contribution in [1.82, 2.24) is 0 Å². The van der Waals surface area contributed by atoms with E-state index in [2.05, 4.69) is 54.5 Å². The van der Waals surface area contributed by atoms with Crippen molar-refractivity contribution in [3.63, 3.8) is 0 Å². The molecule has 0 radical (unpaired) electrons. The first-order chi connectivity index (χ1) is 21.8. The molecule has 0 aromatic rings. The van der Waals surface area contributed by atoms with Gasteiger partial charge in [-0.05, 0) is 78.4 Å². The second-order valence-electron chi connectivity index (χ2n) is 17.1. The molecule has 0 aromatic carbocycles. The van der Waals surface area contributed by atoms with Gasteiger partial charge in [0.1, 0.15) is 12.2 Å². The summed E-state index contributed by atoms with van der Waals surface area (Å²) in [5, 5.41) is 31.7. The van der Waals surface area contributed by atoms with Crippen LogP contribution in [0.4, 0.5) is 0 Å². The number of esters is 2. The summed E-state index contributed by atoms with van der Waals surface area (Å²) in [6, 6.07) is 0. The number of aliphatic carboxylic acids is 1. The lowest BCUT2D eigenvalue weighted by molar-refractivity contribution is -0.274. The molecule has 10 heteroatoms. The van der Waals surface area contributed by atoms with Gasteiger partial charge in [0.25, 0.3) is 0 Å². The lowest BCUT2D eigenvalue weighted by atomic mass is 9.34. The van der Waals surface area contributed by atoms with E-state index in [0.717, 1.165) is 32.8 Å². The van der Waals surface area contributed by atoms with Crippen LogP contribution in [0.25, 0.3) is 0 Å². The predicted molar refractivity (Wildman–Crippen MR) is 173 cm³/mol. The molecule has 1 saturated heterocycles. The number of ether oxygens (including phenoxy) is 4. The lowest BCUT2D eigenvalue weighted by Gasteiger charge is -2.71. The number of rotatable bonds is 9. The van der Waals surface area contributed by atoms with E-state index in [1.165, 1.54) is 12.5 Å². The number of methoxy groups -OCH3 is 1. The maximum Gasteiger partial charge on any atom is 0.342 e. The molecule has 2 bridgehead atoms. The number of hydrogen-bond acceptors (Lipinski definition) is 9. The van der Waals surface area contributed by atoms with Crippen LogP contribution < -0.4 is 0 Å². The molecule has 266 valence electrons. The molecule has 5 aliphatic rings. The fourth-order valence-electron chi connectivity index (χ4n) is 11.8. The van der Waals surface area contributed by atoms with Crippen molar-refractivity contribution in [3.8, 4) is 0 Å². The topological polar surface area (TPSA) is 149 Å². The zero-order chi connectivity index (χ0) is 35.0. The van der Waals surface area contributed by atoms with Gasteiger partial charge in [-0.1, -0.05) is 60.1 Å². The third-order valence-corrected chi connectivity index (χ3v) is 14.7. The Bertz CT molecular complexity index is 1300. The average molecular weight is 663 g/mol. The number of aliphatic hydroxyl groups is 2. The Morgan fingerprint density at radius 3 is 2.32 bits per heavy atom. The van der Waals surface area contributed by atoms with Crippen molar-refractivity contribution in [3.05, 3.63) is 11.6 Å². The number of fused-ring (bicyclic) bond motifs is 3. The number of aliphatic hydroxyl groups excluding tert-OH is 1. The Balaban J connectivity index is 1.57. The molecule has 10 nitrogen and oxygen atoms in total. The predicted octanol–water partition coefficient (Wildman–Crippen LogP) is 4.79. The molecular formula is C37H58O10. The molecule has 1 heterocycles. The van der Waals surface area contributed by atoms with E-state index < -0.39 is 71.1 Å². The molecule has 3 unspecified atom stereocenters. The molecule has 47 heavy (non-hydrogen) atoms. The zero-order valence-corrected chi connectivity index (χ0v) is 29.9. The first-order valence-electron chi connectivity index (χ1n) is 17.5. The Labute approximate surface area is 279 Å². The second-order valence-corrected chi connectivity index (χ2v) is 17.1. The maximum absolute atomic E-state index is 13.3. The van der Waals surface area contributed by atoms with Crippen molar-refractivity contribution < 1.29 is 48.7 Å². The molecule has 0 amide bonds. The van der Waals surface area contributed by atoms with Gasteiger partial charge in [-0.25, -0.2) is 4.79 Å². The van der Waals surface area contributed by atoms with Gasteiger partial charge < -0.3 is 34.3 Å². The van der Waals surface area contributed by atoms with Gasteiger partial charge in [-0.2, -0.15) is 0 Å². The van der Waals surface area contributed by atoms with Crippen LogP contribution in [0.15, 0.2) is 11.6 Å². The highest BCUT2D eigenvalue weighted by Gasteiger charge is 2.72. The SMILES string of the molecule is COC(=O)C(O)(CO)COC1[C@H](OC(C)=O)CC23COC[C@]1(C)[C@@H]2CC[C@H]1C3=CC[C@@]2(C)[C@H](C(=O)O)[C@@](C)([C@H](C)C(C)C)CC[C@]12C. The van der Waals surface area contributed by atoms with E-state index in [1.807, 2.05) is 0 Å². The molecule has 5 rings (SSSR count). The summed E-state index contributed by atoms with van der Waals surface area (Å²) in [4.78, 5) is 38.2. The Morgan fingerprint density at radius 2 is 1.74 bits per heavy atom. The molecule has 4 aliphatic carbocycles. The van der Waals surface area contributed by atoms with Crippen molar-refractivity contribution in [1.29, 1.82) is 0 Å². The van der Waals surface area contributed by atoms with Gasteiger partial charge in [0, 0.05) is 17.8 Å². The fourth-order valence-corrected chi connectivity index (χ4v) is 11.8. The van der Waals surface area contributed by atoms with Crippen molar-refractivity contribution >= 4 is 17.9 Å². The highest BCUT2D eigenvalue weighted by atomic mass is 16.6. The summed E-state index contributed by atoms with van der Waals surface area (Å²) in [5.41, 5.74) is -3.09. The third kappa shape index (κ3) is 5.13. The summed E-state index contributed by atoms with van der Waals surface area (Å²) < 4.78 is 23.5. The summed E-state index contributed by atoms with van der Waals surface area (Å²) in [6.07, 6.45) is 5.59. The van der Waals surface area contributed by atoms with Crippen molar-refractivity contribution in [2.75, 3.05) is 33.5 Å². The average Bonchev–Trinajstić information content (AvgIpc) is 2.99. The van der Waals surface area contributed by atoms with Crippen LogP contribution >= 0.6 is 0 Å². The van der Waals surface area contributed by atoms with Crippen molar-refractivity contribution in [2.24, 2.45) is 56.7 Å². The largest absolute Gasteiger partial charge is 0.481 e. The number of carbonyl (C=O) groups excluding carboxylic acids is 2. The zero-order valence-electron chi connectivity index (χ0n) is 29.9. The van der Waals surface area contributed by atoms with Gasteiger partial charge >= 0.3 is 17.9 Å². The number of allylic oxidation sites excluding steroid dienone is 1. The summed E-state index contributed by atoms with van der Waals surface area (Å²) in [7, 11) is 1.13. The van der Waals surface area contributed by atoms with E-state index in [0.29, 0.717) is 32.0 Å². The monoisotopic (exact) mass is 662 g/mol. The Kier molecular flexibility index (Phi) is 9.33. The standard InChI is InChI=1S/C37H58O10/c1-21(2)22(3)32(5)14-15-34(7)24-10-11-27-33(6)18-45-19-36(27,25(24)12-13-35(34,8)28(32)30(40)41)16-26(47-23(4)39)29(33)46-20-37(43,17-38)31(42)44-9/h12,21-22,24,26-29,38,43H,10-11,13-20H2,1-9H3,(H,40,41)/t22-,24+,26-,27+,28-,29?,32-,33-,34-,35+,36?,37?/m1/s1. The third-order valence-electron chi connectivity index (χ3n) is 14.7. The molecule has 12 atom stereocenters. The van der Waals surface area contributed by atoms with Crippen LogP contribution in [-0.4, -0.2) is 84.6 Å². The number of carboxylic acids is 1. The maximum atomic E-state index is 13.3. The minimum absolute atomic E-state index is 0.0986.